The lowest BCUT2D eigenvalue weighted by molar-refractivity contribution is -0.158. The highest BCUT2D eigenvalue weighted by atomic mass is 16.5. The molecule has 2 atom stereocenters. The van der Waals surface area contributed by atoms with Crippen molar-refractivity contribution in [2.24, 2.45) is 11.3 Å². The molecule has 1 aliphatic heterocycles. The molecule has 1 fully saturated rings. The molecule has 1 heterocycles. The van der Waals surface area contributed by atoms with Crippen molar-refractivity contribution in [3.63, 3.8) is 0 Å². The van der Waals surface area contributed by atoms with Crippen LogP contribution in [0.25, 0.3) is 0 Å². The third-order valence-corrected chi connectivity index (χ3v) is 4.86. The van der Waals surface area contributed by atoms with Crippen molar-refractivity contribution < 1.29 is 19.1 Å². The Morgan fingerprint density at radius 2 is 1.87 bits per heavy atom. The molecule has 23 heavy (non-hydrogen) atoms. The second-order valence-electron chi connectivity index (χ2n) is 6.67. The van der Waals surface area contributed by atoms with Gasteiger partial charge in [-0.15, -0.1) is 0 Å². The molecule has 5 heteroatoms. The second kappa shape index (κ2) is 6.71. The van der Waals surface area contributed by atoms with Gasteiger partial charge < -0.3 is 14.4 Å². The van der Waals surface area contributed by atoms with E-state index < -0.39 is 17.3 Å². The zero-order chi connectivity index (χ0) is 17.2. The van der Waals surface area contributed by atoms with Crippen LogP contribution < -0.4 is 4.74 Å². The average molecular weight is 319 g/mol. The molecule has 2 unspecified atom stereocenters. The SMILES string of the molecule is COC(=O)C1CN(C)C(Cc2ccc(OC)cc2)C(C)(C)C1=O. The van der Waals surface area contributed by atoms with Gasteiger partial charge >= 0.3 is 5.97 Å². The van der Waals surface area contributed by atoms with Crippen LogP contribution >= 0.6 is 0 Å². The topological polar surface area (TPSA) is 55.8 Å². The maximum absolute atomic E-state index is 12.7. The Balaban J connectivity index is 2.21. The van der Waals surface area contributed by atoms with Crippen molar-refractivity contribution in [2.75, 3.05) is 27.8 Å². The molecule has 126 valence electrons. The fraction of sp³-hybridized carbons (Fsp3) is 0.556. The number of hydrogen-bond acceptors (Lipinski definition) is 5. The lowest BCUT2D eigenvalue weighted by Crippen LogP contribution is -2.59. The van der Waals surface area contributed by atoms with Crippen LogP contribution in [0.3, 0.4) is 0 Å². The Labute approximate surface area is 137 Å². The number of methoxy groups -OCH3 is 2. The number of esters is 1. The molecule has 0 amide bonds. The number of carbonyl (C=O) groups is 2. The monoisotopic (exact) mass is 319 g/mol. The second-order valence-corrected chi connectivity index (χ2v) is 6.67. The van der Waals surface area contributed by atoms with Gasteiger partial charge in [0.25, 0.3) is 0 Å². The van der Waals surface area contributed by atoms with Crippen LogP contribution in [-0.4, -0.2) is 50.5 Å². The third kappa shape index (κ3) is 3.39. The van der Waals surface area contributed by atoms with E-state index in [1.54, 1.807) is 7.11 Å². The van der Waals surface area contributed by atoms with Crippen LogP contribution in [0, 0.1) is 11.3 Å². The van der Waals surface area contributed by atoms with E-state index in [9.17, 15) is 9.59 Å². The van der Waals surface area contributed by atoms with Gasteiger partial charge in [-0.25, -0.2) is 0 Å². The summed E-state index contributed by atoms with van der Waals surface area (Å²) in [6.45, 7) is 4.22. The Morgan fingerprint density at radius 1 is 1.26 bits per heavy atom. The highest BCUT2D eigenvalue weighted by Crippen LogP contribution is 2.36. The number of ketones is 1. The van der Waals surface area contributed by atoms with Crippen LogP contribution in [0.4, 0.5) is 0 Å². The van der Waals surface area contributed by atoms with Gasteiger partial charge in [-0.2, -0.15) is 0 Å². The first-order valence-corrected chi connectivity index (χ1v) is 7.76. The molecular formula is C18H25NO4. The van der Waals surface area contributed by atoms with E-state index >= 15 is 0 Å². The third-order valence-electron chi connectivity index (χ3n) is 4.86. The molecule has 1 aliphatic rings. The molecule has 2 rings (SSSR count). The molecule has 1 saturated heterocycles. The first-order chi connectivity index (χ1) is 10.8. The Hall–Kier alpha value is -1.88. The first kappa shape index (κ1) is 17.5. The molecule has 0 spiro atoms. The minimum Gasteiger partial charge on any atom is -0.497 e. The predicted molar refractivity (Wildman–Crippen MR) is 87.4 cm³/mol. The number of ether oxygens (including phenoxy) is 2. The fourth-order valence-electron chi connectivity index (χ4n) is 3.38. The smallest absolute Gasteiger partial charge is 0.317 e. The summed E-state index contributed by atoms with van der Waals surface area (Å²) in [5.41, 5.74) is 0.520. The molecule has 5 nitrogen and oxygen atoms in total. The van der Waals surface area contributed by atoms with Crippen LogP contribution in [0.2, 0.25) is 0 Å². The van der Waals surface area contributed by atoms with Crippen molar-refractivity contribution >= 4 is 11.8 Å². The summed E-state index contributed by atoms with van der Waals surface area (Å²) in [5, 5.41) is 0. The zero-order valence-corrected chi connectivity index (χ0v) is 14.5. The number of carbonyl (C=O) groups excluding carboxylic acids is 2. The number of rotatable bonds is 4. The maximum atomic E-state index is 12.7. The van der Waals surface area contributed by atoms with E-state index in [1.165, 1.54) is 7.11 Å². The summed E-state index contributed by atoms with van der Waals surface area (Å²) in [5.74, 6) is -0.377. The van der Waals surface area contributed by atoms with E-state index in [1.807, 2.05) is 45.2 Å². The number of Topliss-reactive ketones (excluding diaryl/α,β-unsaturated/α-hetero) is 1. The molecule has 0 aromatic heterocycles. The quantitative estimate of drug-likeness (QED) is 0.627. The van der Waals surface area contributed by atoms with E-state index in [-0.39, 0.29) is 11.8 Å². The van der Waals surface area contributed by atoms with E-state index in [2.05, 4.69) is 4.90 Å². The molecule has 0 radical (unpaired) electrons. The normalized spacial score (nSPS) is 24.3. The molecule has 0 saturated carbocycles. The molecule has 1 aromatic carbocycles. The van der Waals surface area contributed by atoms with Gasteiger partial charge in [-0.3, -0.25) is 9.59 Å². The van der Waals surface area contributed by atoms with Crippen LogP contribution in [-0.2, 0) is 20.7 Å². The number of hydrogen-bond donors (Lipinski definition) is 0. The van der Waals surface area contributed by atoms with Gasteiger partial charge in [0.1, 0.15) is 11.7 Å². The Bertz CT molecular complexity index is 579. The average Bonchev–Trinajstić information content (AvgIpc) is 2.55. The van der Waals surface area contributed by atoms with E-state index in [4.69, 9.17) is 9.47 Å². The van der Waals surface area contributed by atoms with Crippen LogP contribution in [0.15, 0.2) is 24.3 Å². The zero-order valence-electron chi connectivity index (χ0n) is 14.5. The predicted octanol–water partition coefficient (Wildman–Crippen LogP) is 1.94. The van der Waals surface area contributed by atoms with Gasteiger partial charge in [0.15, 0.2) is 5.78 Å². The highest BCUT2D eigenvalue weighted by molar-refractivity contribution is 6.03. The van der Waals surface area contributed by atoms with E-state index in [0.29, 0.717) is 6.54 Å². The van der Waals surface area contributed by atoms with Gasteiger partial charge in [0.2, 0.25) is 0 Å². The Kier molecular flexibility index (Phi) is 5.09. The van der Waals surface area contributed by atoms with Gasteiger partial charge in [-0.1, -0.05) is 26.0 Å². The van der Waals surface area contributed by atoms with E-state index in [0.717, 1.165) is 17.7 Å². The van der Waals surface area contributed by atoms with Crippen molar-refractivity contribution in [2.45, 2.75) is 26.3 Å². The van der Waals surface area contributed by atoms with Crippen molar-refractivity contribution in [1.82, 2.24) is 4.90 Å². The lowest BCUT2D eigenvalue weighted by atomic mass is 9.69. The maximum Gasteiger partial charge on any atom is 0.317 e. The van der Waals surface area contributed by atoms with Gasteiger partial charge in [-0.05, 0) is 31.2 Å². The summed E-state index contributed by atoms with van der Waals surface area (Å²) in [6.07, 6.45) is 0.743. The molecule has 1 aromatic rings. The molecule has 0 bridgehead atoms. The number of nitrogens with zero attached hydrogens (tertiary/aromatic N) is 1. The first-order valence-electron chi connectivity index (χ1n) is 7.76. The lowest BCUT2D eigenvalue weighted by Gasteiger charge is -2.46. The van der Waals surface area contributed by atoms with Crippen molar-refractivity contribution in [3.05, 3.63) is 29.8 Å². The number of piperidine rings is 1. The van der Waals surface area contributed by atoms with Gasteiger partial charge in [0.05, 0.1) is 14.2 Å². The van der Waals surface area contributed by atoms with Gasteiger partial charge in [0, 0.05) is 18.0 Å². The summed E-state index contributed by atoms with van der Waals surface area (Å²) in [4.78, 5) is 26.7. The standard InChI is InChI=1S/C18H25NO4/c1-18(2)15(10-12-6-8-13(22-4)9-7-12)19(3)11-14(16(18)20)17(21)23-5/h6-9,14-15H,10-11H2,1-5H3. The number of likely N-dealkylation sites (tertiary alicyclic amines) is 1. The minimum absolute atomic E-state index is 0.0318. The largest absolute Gasteiger partial charge is 0.497 e. The van der Waals surface area contributed by atoms with Crippen LogP contribution in [0.5, 0.6) is 5.75 Å². The number of likely N-dealkylation sites (N-methyl/N-ethyl adjacent to an activating group) is 1. The van der Waals surface area contributed by atoms with Crippen LogP contribution in [0.1, 0.15) is 19.4 Å². The van der Waals surface area contributed by atoms with Crippen molar-refractivity contribution in [1.29, 1.82) is 0 Å². The summed E-state index contributed by atoms with van der Waals surface area (Å²) in [7, 11) is 4.92. The minimum atomic E-state index is -0.702. The summed E-state index contributed by atoms with van der Waals surface area (Å²) < 4.78 is 9.96. The number of benzene rings is 1. The molecule has 0 aliphatic carbocycles. The fourth-order valence-corrected chi connectivity index (χ4v) is 3.38. The Morgan fingerprint density at radius 3 is 2.39 bits per heavy atom. The summed E-state index contributed by atoms with van der Waals surface area (Å²) in [6, 6.07) is 7.90. The highest BCUT2D eigenvalue weighted by Gasteiger charge is 2.49. The summed E-state index contributed by atoms with van der Waals surface area (Å²) >= 11 is 0. The molecular weight excluding hydrogens is 294 g/mol. The molecule has 0 N–H and O–H groups in total. The van der Waals surface area contributed by atoms with Crippen molar-refractivity contribution in [3.8, 4) is 5.75 Å².